The smallest absolute Gasteiger partial charge is 0.408 e. The van der Waals surface area contributed by atoms with Crippen LogP contribution in [-0.4, -0.2) is 81.9 Å². The summed E-state index contributed by atoms with van der Waals surface area (Å²) in [6.45, 7) is 11.2. The minimum atomic E-state index is -3.89. The van der Waals surface area contributed by atoms with Crippen molar-refractivity contribution in [2.24, 2.45) is 23.2 Å². The topological polar surface area (TPSA) is 201 Å². The van der Waals surface area contributed by atoms with E-state index in [1.807, 2.05) is 27.7 Å². The molecule has 4 aliphatic carbocycles. The van der Waals surface area contributed by atoms with Gasteiger partial charge in [-0.2, -0.15) is 4.80 Å². The average molecular weight is 768 g/mol. The molecule has 6 rings (SSSR count). The molecule has 0 spiro atoms. The molecular weight excluding hydrogens is 715 g/mol. The number of ketones is 1. The number of carbonyl (C=O) groups excluding carboxylic acids is 4. The molecule has 0 bridgehead atoms. The number of hydrogen-bond donors (Lipinski definition) is 3. The van der Waals surface area contributed by atoms with Crippen LogP contribution in [0.3, 0.4) is 0 Å². The van der Waals surface area contributed by atoms with E-state index < -0.39 is 73.7 Å². The minimum Gasteiger partial charge on any atom is -0.497 e. The molecule has 4 saturated carbocycles. The highest BCUT2D eigenvalue weighted by Crippen LogP contribution is 2.49. The zero-order valence-electron chi connectivity index (χ0n) is 31.8. The van der Waals surface area contributed by atoms with Crippen LogP contribution in [0.4, 0.5) is 4.79 Å². The Morgan fingerprint density at radius 1 is 1.06 bits per heavy atom. The van der Waals surface area contributed by atoms with Gasteiger partial charge in [0, 0.05) is 17.4 Å². The van der Waals surface area contributed by atoms with E-state index >= 15 is 0 Å². The van der Waals surface area contributed by atoms with Crippen LogP contribution < -0.4 is 20.1 Å². The maximum atomic E-state index is 14.7. The average Bonchev–Trinajstić information content (AvgIpc) is 3.98. The molecule has 3 N–H and O–H groups in total. The Morgan fingerprint density at radius 2 is 1.72 bits per heavy atom. The Morgan fingerprint density at radius 3 is 2.33 bits per heavy atom. The van der Waals surface area contributed by atoms with Crippen LogP contribution in [0.1, 0.15) is 104 Å². The Balaban J connectivity index is 1.27. The zero-order chi connectivity index (χ0) is 39.1. The lowest BCUT2D eigenvalue weighted by Crippen LogP contribution is -2.56. The van der Waals surface area contributed by atoms with Crippen molar-refractivity contribution < 1.29 is 37.1 Å². The summed E-state index contributed by atoms with van der Waals surface area (Å²) in [4.78, 5) is 57.6. The number of nitrogens with zero attached hydrogens (tertiary/aromatic N) is 4. The molecule has 16 heteroatoms. The fourth-order valence-electron chi connectivity index (χ4n) is 8.04. The lowest BCUT2D eigenvalue weighted by Gasteiger charge is -2.36. The molecule has 2 aromatic rings. The van der Waals surface area contributed by atoms with Crippen molar-refractivity contribution in [3.05, 3.63) is 36.9 Å². The maximum absolute atomic E-state index is 14.7. The van der Waals surface area contributed by atoms with Crippen LogP contribution in [-0.2, 0) is 29.1 Å². The van der Waals surface area contributed by atoms with Crippen molar-refractivity contribution in [1.29, 1.82) is 0 Å². The number of allylic oxidation sites excluding steroid dienone is 1. The van der Waals surface area contributed by atoms with Gasteiger partial charge in [0.2, 0.25) is 21.8 Å². The number of benzene rings is 1. The molecule has 4 aliphatic rings. The standard InChI is InChI=1S/C38H53N7O8S/c1-7-11-24-22-38(24,34(48)43-54(50,51)27-16-17-27)40-33(47)29-21-25(45-42-32(41-44-45)23-12-14-26(52-6)15-13-23)20-28(29)30(46)31(36(2,3)4)39-35(49)53-37(5)18-9-8-10-19-37/h7,12-15,24-25,27-29,31H,1,8-11,16-22H2,2-6H3,(H,39,49)(H,40,47)(H,43,48)/t24-,25+,28?,29-,31?,38+/m1/s1. The predicted octanol–water partition coefficient (Wildman–Crippen LogP) is 4.41. The molecular formula is C38H53N7O8S. The number of ether oxygens (including phenoxy) is 2. The van der Waals surface area contributed by atoms with Gasteiger partial charge >= 0.3 is 6.09 Å². The summed E-state index contributed by atoms with van der Waals surface area (Å²) in [6, 6.07) is 5.59. The number of methoxy groups -OCH3 is 1. The first kappa shape index (κ1) is 39.4. The first-order valence-corrected chi connectivity index (χ1v) is 20.5. The molecule has 294 valence electrons. The SMILES string of the molecule is C=CC[C@@H]1C[C@@]1(NC(=O)[C@@H]1C[C@@H](n2nnc(-c3ccc(OC)cc3)n2)CC1C(=O)C(NC(=O)OC1(C)CCCCC1)C(C)(C)C)C(=O)NS(=O)(=O)C1CC1. The van der Waals surface area contributed by atoms with Crippen LogP contribution in [0.15, 0.2) is 36.9 Å². The van der Waals surface area contributed by atoms with Crippen LogP contribution in [0, 0.1) is 23.2 Å². The number of aromatic nitrogens is 4. The summed E-state index contributed by atoms with van der Waals surface area (Å²) in [6.07, 6.45) is 7.18. The van der Waals surface area contributed by atoms with Crippen molar-refractivity contribution in [2.45, 2.75) is 127 Å². The summed E-state index contributed by atoms with van der Waals surface area (Å²) >= 11 is 0. The van der Waals surface area contributed by atoms with Gasteiger partial charge in [-0.05, 0) is 112 Å². The summed E-state index contributed by atoms with van der Waals surface area (Å²) in [5, 5.41) is 18.3. The van der Waals surface area contributed by atoms with Gasteiger partial charge in [-0.25, -0.2) is 13.2 Å². The Kier molecular flexibility index (Phi) is 11.0. The van der Waals surface area contributed by atoms with Crippen molar-refractivity contribution >= 4 is 33.7 Å². The van der Waals surface area contributed by atoms with E-state index in [2.05, 4.69) is 37.3 Å². The van der Waals surface area contributed by atoms with E-state index in [0.717, 1.165) is 32.1 Å². The lowest BCUT2D eigenvalue weighted by atomic mass is 9.77. The first-order chi connectivity index (χ1) is 25.5. The number of amides is 3. The van der Waals surface area contributed by atoms with Crippen molar-refractivity contribution in [2.75, 3.05) is 7.11 Å². The highest BCUT2D eigenvalue weighted by atomic mass is 32.2. The largest absolute Gasteiger partial charge is 0.497 e. The van der Waals surface area contributed by atoms with Gasteiger partial charge in [-0.1, -0.05) is 33.3 Å². The molecule has 3 amide bonds. The van der Waals surface area contributed by atoms with Gasteiger partial charge in [0.1, 0.15) is 16.9 Å². The molecule has 0 radical (unpaired) electrons. The van der Waals surface area contributed by atoms with Crippen LogP contribution >= 0.6 is 0 Å². The molecule has 15 nitrogen and oxygen atoms in total. The van der Waals surface area contributed by atoms with E-state index in [4.69, 9.17) is 9.47 Å². The fraction of sp³-hybridized carbons (Fsp3) is 0.658. The fourth-order valence-corrected chi connectivity index (χ4v) is 9.40. The number of alkyl carbamates (subject to hydrolysis) is 1. The number of hydrogen-bond acceptors (Lipinski definition) is 11. The normalized spacial score (nSPS) is 26.9. The molecule has 6 atom stereocenters. The van der Waals surface area contributed by atoms with E-state index in [1.54, 1.807) is 37.5 Å². The number of sulfonamides is 1. The number of tetrazole rings is 1. The first-order valence-electron chi connectivity index (χ1n) is 18.9. The van der Waals surface area contributed by atoms with E-state index in [1.165, 1.54) is 4.80 Å². The number of Topliss-reactive ketones (excluding diaryl/α,β-unsaturated/α-hetero) is 1. The Bertz CT molecular complexity index is 1860. The van der Waals surface area contributed by atoms with Crippen LogP contribution in [0.5, 0.6) is 5.75 Å². The Labute approximate surface area is 316 Å². The quantitative estimate of drug-likeness (QED) is 0.230. The molecule has 0 saturated heterocycles. The molecule has 1 aromatic carbocycles. The third-order valence-corrected chi connectivity index (χ3v) is 13.3. The van der Waals surface area contributed by atoms with Crippen LogP contribution in [0.25, 0.3) is 11.4 Å². The van der Waals surface area contributed by atoms with Gasteiger partial charge in [0.15, 0.2) is 5.78 Å². The van der Waals surface area contributed by atoms with E-state index in [-0.39, 0.29) is 31.0 Å². The molecule has 1 aromatic heterocycles. The number of nitrogens with one attached hydrogen (secondary N) is 3. The van der Waals surface area contributed by atoms with Crippen LogP contribution in [0.2, 0.25) is 0 Å². The third kappa shape index (κ3) is 8.47. The molecule has 4 fully saturated rings. The monoisotopic (exact) mass is 767 g/mol. The maximum Gasteiger partial charge on any atom is 0.408 e. The van der Waals surface area contributed by atoms with Gasteiger partial charge in [-0.3, -0.25) is 19.1 Å². The third-order valence-electron chi connectivity index (χ3n) is 11.5. The van der Waals surface area contributed by atoms with Gasteiger partial charge in [0.05, 0.1) is 24.4 Å². The summed E-state index contributed by atoms with van der Waals surface area (Å²) in [5.74, 6) is -2.97. The molecule has 54 heavy (non-hydrogen) atoms. The predicted molar refractivity (Wildman–Crippen MR) is 198 cm³/mol. The minimum absolute atomic E-state index is 0.129. The lowest BCUT2D eigenvalue weighted by molar-refractivity contribution is -0.137. The van der Waals surface area contributed by atoms with E-state index in [0.29, 0.717) is 36.4 Å². The van der Waals surface area contributed by atoms with Gasteiger partial charge in [-0.15, -0.1) is 16.8 Å². The molecule has 0 aliphatic heterocycles. The summed E-state index contributed by atoms with van der Waals surface area (Å²) in [7, 11) is -2.32. The second-order valence-electron chi connectivity index (χ2n) is 16.8. The number of carbonyl (C=O) groups is 4. The second kappa shape index (κ2) is 15.1. The van der Waals surface area contributed by atoms with E-state index in [9.17, 15) is 27.6 Å². The molecule has 1 heterocycles. The summed E-state index contributed by atoms with van der Waals surface area (Å²) in [5.41, 5.74) is -2.18. The zero-order valence-corrected chi connectivity index (χ0v) is 32.6. The highest BCUT2D eigenvalue weighted by Gasteiger charge is 2.62. The van der Waals surface area contributed by atoms with Gasteiger partial charge < -0.3 is 20.1 Å². The van der Waals surface area contributed by atoms with Crippen molar-refractivity contribution in [1.82, 2.24) is 35.6 Å². The van der Waals surface area contributed by atoms with Gasteiger partial charge in [0.25, 0.3) is 5.91 Å². The van der Waals surface area contributed by atoms with Crippen molar-refractivity contribution in [3.63, 3.8) is 0 Å². The van der Waals surface area contributed by atoms with Crippen molar-refractivity contribution in [3.8, 4) is 17.1 Å². The summed E-state index contributed by atoms with van der Waals surface area (Å²) < 4.78 is 38.9. The molecule has 2 unspecified atom stereocenters. The Hall–Kier alpha value is -4.34. The second-order valence-corrected chi connectivity index (χ2v) is 18.8. The highest BCUT2D eigenvalue weighted by molar-refractivity contribution is 7.91. The number of rotatable bonds is 14.